The van der Waals surface area contributed by atoms with Crippen LogP contribution in [-0.2, 0) is 9.59 Å². The first-order chi connectivity index (χ1) is 11.6. The predicted molar refractivity (Wildman–Crippen MR) is 94.5 cm³/mol. The molecule has 5 heteroatoms. The average molecular weight is 335 g/mol. The highest BCUT2D eigenvalue weighted by atomic mass is 16.2. The van der Waals surface area contributed by atoms with Crippen molar-refractivity contribution in [3.63, 3.8) is 0 Å². The molecule has 2 saturated carbocycles. The summed E-state index contributed by atoms with van der Waals surface area (Å²) >= 11 is 0. The van der Waals surface area contributed by atoms with Gasteiger partial charge in [0.25, 0.3) is 0 Å². The lowest BCUT2D eigenvalue weighted by Crippen LogP contribution is -2.53. The number of amides is 2. The Balaban J connectivity index is 1.35. The van der Waals surface area contributed by atoms with Gasteiger partial charge in [-0.1, -0.05) is 19.8 Å². The molecule has 0 radical (unpaired) electrons. The van der Waals surface area contributed by atoms with Crippen LogP contribution >= 0.6 is 0 Å². The van der Waals surface area contributed by atoms with E-state index in [-0.39, 0.29) is 11.8 Å². The molecule has 0 spiro atoms. The monoisotopic (exact) mass is 335 g/mol. The van der Waals surface area contributed by atoms with E-state index < -0.39 is 0 Å². The highest BCUT2D eigenvalue weighted by Gasteiger charge is 2.30. The molecule has 0 aromatic heterocycles. The van der Waals surface area contributed by atoms with Gasteiger partial charge in [-0.3, -0.25) is 14.5 Å². The van der Waals surface area contributed by atoms with Crippen LogP contribution in [0, 0.1) is 11.8 Å². The van der Waals surface area contributed by atoms with Crippen LogP contribution < -0.4 is 5.32 Å². The zero-order chi connectivity index (χ0) is 16.9. The summed E-state index contributed by atoms with van der Waals surface area (Å²) in [6.45, 7) is 6.00. The first-order valence-corrected chi connectivity index (χ1v) is 9.92. The summed E-state index contributed by atoms with van der Waals surface area (Å²) in [5.74, 6) is 1.59. The summed E-state index contributed by atoms with van der Waals surface area (Å²) in [7, 11) is 0. The van der Waals surface area contributed by atoms with Gasteiger partial charge in [0.2, 0.25) is 11.8 Å². The van der Waals surface area contributed by atoms with Crippen molar-refractivity contribution >= 4 is 11.8 Å². The zero-order valence-electron chi connectivity index (χ0n) is 15.1. The quantitative estimate of drug-likeness (QED) is 0.855. The Bertz CT molecular complexity index is 432. The second-order valence-electron chi connectivity index (χ2n) is 8.11. The van der Waals surface area contributed by atoms with Crippen LogP contribution in [0.3, 0.4) is 0 Å². The second kappa shape index (κ2) is 8.32. The zero-order valence-corrected chi connectivity index (χ0v) is 15.1. The van der Waals surface area contributed by atoms with E-state index in [0.717, 1.165) is 57.8 Å². The third kappa shape index (κ3) is 4.71. The molecule has 24 heavy (non-hydrogen) atoms. The van der Waals surface area contributed by atoms with Gasteiger partial charge in [-0.15, -0.1) is 0 Å². The summed E-state index contributed by atoms with van der Waals surface area (Å²) in [4.78, 5) is 28.9. The van der Waals surface area contributed by atoms with Crippen molar-refractivity contribution in [2.24, 2.45) is 11.8 Å². The van der Waals surface area contributed by atoms with Crippen molar-refractivity contribution in [2.75, 3.05) is 32.7 Å². The second-order valence-corrected chi connectivity index (χ2v) is 8.11. The standard InChI is InChI=1S/C19H33N3O2/c1-15-6-8-17(9-7-15)20-18(23)14-21-10-12-22(13-11-21)19(24)16-4-2-3-5-16/h15-17H,2-14H2,1H3,(H,20,23). The molecular weight excluding hydrogens is 302 g/mol. The van der Waals surface area contributed by atoms with Crippen molar-refractivity contribution in [2.45, 2.75) is 64.3 Å². The van der Waals surface area contributed by atoms with Gasteiger partial charge in [-0.2, -0.15) is 0 Å². The van der Waals surface area contributed by atoms with Crippen molar-refractivity contribution in [1.29, 1.82) is 0 Å². The third-order valence-corrected chi connectivity index (χ3v) is 6.14. The van der Waals surface area contributed by atoms with Crippen molar-refractivity contribution in [3.05, 3.63) is 0 Å². The van der Waals surface area contributed by atoms with Crippen molar-refractivity contribution < 1.29 is 9.59 Å². The molecule has 0 aromatic carbocycles. The number of nitrogens with zero attached hydrogens (tertiary/aromatic N) is 2. The van der Waals surface area contributed by atoms with Gasteiger partial charge in [-0.05, 0) is 44.4 Å². The Kier molecular flexibility index (Phi) is 6.14. The molecule has 3 fully saturated rings. The molecule has 1 heterocycles. The van der Waals surface area contributed by atoms with Crippen molar-refractivity contribution in [1.82, 2.24) is 15.1 Å². The average Bonchev–Trinajstić information content (AvgIpc) is 3.11. The van der Waals surface area contributed by atoms with E-state index in [2.05, 4.69) is 17.1 Å². The molecule has 3 rings (SSSR count). The molecule has 1 saturated heterocycles. The minimum atomic E-state index is 0.158. The molecule has 3 aliphatic rings. The van der Waals surface area contributed by atoms with E-state index in [1.807, 2.05) is 4.90 Å². The smallest absolute Gasteiger partial charge is 0.234 e. The third-order valence-electron chi connectivity index (χ3n) is 6.14. The molecule has 2 aliphatic carbocycles. The van der Waals surface area contributed by atoms with E-state index in [1.165, 1.54) is 25.7 Å². The molecule has 136 valence electrons. The van der Waals surface area contributed by atoms with Gasteiger partial charge >= 0.3 is 0 Å². The number of nitrogens with one attached hydrogen (secondary N) is 1. The fourth-order valence-corrected chi connectivity index (χ4v) is 4.44. The maximum atomic E-state index is 12.4. The summed E-state index contributed by atoms with van der Waals surface area (Å²) in [5.41, 5.74) is 0. The Hall–Kier alpha value is -1.10. The van der Waals surface area contributed by atoms with E-state index in [4.69, 9.17) is 0 Å². The van der Waals surface area contributed by atoms with Crippen LogP contribution in [0.4, 0.5) is 0 Å². The number of hydrogen-bond donors (Lipinski definition) is 1. The number of piperazine rings is 1. The molecule has 5 nitrogen and oxygen atoms in total. The molecule has 0 aromatic rings. The number of rotatable bonds is 4. The van der Waals surface area contributed by atoms with Gasteiger partial charge in [0, 0.05) is 38.1 Å². The van der Waals surface area contributed by atoms with E-state index >= 15 is 0 Å². The van der Waals surface area contributed by atoms with Crippen molar-refractivity contribution in [3.8, 4) is 0 Å². The summed E-state index contributed by atoms with van der Waals surface area (Å²) in [5, 5.41) is 3.20. The van der Waals surface area contributed by atoms with Crippen LogP contribution in [-0.4, -0.2) is 60.4 Å². The fraction of sp³-hybridized carbons (Fsp3) is 0.895. The molecule has 0 unspecified atom stereocenters. The van der Waals surface area contributed by atoms with E-state index in [1.54, 1.807) is 0 Å². The Morgan fingerprint density at radius 2 is 1.54 bits per heavy atom. The molecule has 0 atom stereocenters. The SMILES string of the molecule is CC1CCC(NC(=O)CN2CCN(C(=O)C3CCCC3)CC2)CC1. The molecule has 2 amide bonds. The maximum absolute atomic E-state index is 12.4. The van der Waals surface area contributed by atoms with Gasteiger partial charge < -0.3 is 10.2 Å². The van der Waals surface area contributed by atoms with Gasteiger partial charge in [0.15, 0.2) is 0 Å². The molecule has 1 N–H and O–H groups in total. The highest BCUT2D eigenvalue weighted by molar-refractivity contribution is 5.80. The predicted octanol–water partition coefficient (Wildman–Crippen LogP) is 2.02. The van der Waals surface area contributed by atoms with Crippen LogP contribution in [0.2, 0.25) is 0 Å². The molecule has 1 aliphatic heterocycles. The minimum absolute atomic E-state index is 0.158. The van der Waals surface area contributed by atoms with Crippen LogP contribution in [0.5, 0.6) is 0 Å². The summed E-state index contributed by atoms with van der Waals surface area (Å²) < 4.78 is 0. The normalized spacial score (nSPS) is 29.6. The number of hydrogen-bond acceptors (Lipinski definition) is 3. The van der Waals surface area contributed by atoms with E-state index in [9.17, 15) is 9.59 Å². The van der Waals surface area contributed by atoms with Crippen LogP contribution in [0.1, 0.15) is 58.3 Å². The van der Waals surface area contributed by atoms with Gasteiger partial charge in [-0.25, -0.2) is 0 Å². The first kappa shape index (κ1) is 17.7. The van der Waals surface area contributed by atoms with Gasteiger partial charge in [0.05, 0.1) is 6.54 Å². The minimum Gasteiger partial charge on any atom is -0.352 e. The lowest BCUT2D eigenvalue weighted by Gasteiger charge is -2.36. The largest absolute Gasteiger partial charge is 0.352 e. The molecule has 0 bridgehead atoms. The summed E-state index contributed by atoms with van der Waals surface area (Å²) in [6.07, 6.45) is 9.25. The number of carbonyl (C=O) groups is 2. The topological polar surface area (TPSA) is 52.7 Å². The van der Waals surface area contributed by atoms with Crippen LogP contribution in [0.25, 0.3) is 0 Å². The fourth-order valence-electron chi connectivity index (χ4n) is 4.44. The van der Waals surface area contributed by atoms with Gasteiger partial charge in [0.1, 0.15) is 0 Å². The van der Waals surface area contributed by atoms with Crippen LogP contribution in [0.15, 0.2) is 0 Å². The maximum Gasteiger partial charge on any atom is 0.234 e. The molecular formula is C19H33N3O2. The lowest BCUT2D eigenvalue weighted by molar-refractivity contribution is -0.137. The van der Waals surface area contributed by atoms with E-state index in [0.29, 0.717) is 18.5 Å². The Morgan fingerprint density at radius 3 is 2.17 bits per heavy atom. The first-order valence-electron chi connectivity index (χ1n) is 9.92. The highest BCUT2D eigenvalue weighted by Crippen LogP contribution is 2.27. The Labute approximate surface area is 146 Å². The Morgan fingerprint density at radius 1 is 0.917 bits per heavy atom. The number of carbonyl (C=O) groups excluding carboxylic acids is 2. The summed E-state index contributed by atoms with van der Waals surface area (Å²) in [6, 6.07) is 0.374. The lowest BCUT2D eigenvalue weighted by atomic mass is 9.87.